The number of aromatic amines is 1. The van der Waals surface area contributed by atoms with Gasteiger partial charge in [-0.2, -0.15) is 5.10 Å². The molecule has 18 heavy (non-hydrogen) atoms. The lowest BCUT2D eigenvalue weighted by Crippen LogP contribution is -2.32. The van der Waals surface area contributed by atoms with Crippen molar-refractivity contribution in [3.05, 3.63) is 17.0 Å². The summed E-state index contributed by atoms with van der Waals surface area (Å²) < 4.78 is 0. The molecule has 0 radical (unpaired) electrons. The standard InChI is InChI=1S/C14H23N3O/c1-3-10(2)15-14(18)13-11-8-6-4-5-7-9-12(11)16-17-13/h10H,3-9H2,1-2H3,(H,15,18)(H,16,17). The van der Waals surface area contributed by atoms with Crippen LogP contribution in [-0.2, 0) is 12.8 Å². The number of carbonyl (C=O) groups is 1. The Morgan fingerprint density at radius 2 is 2.06 bits per heavy atom. The summed E-state index contributed by atoms with van der Waals surface area (Å²) in [5.74, 6) is -0.0255. The van der Waals surface area contributed by atoms with E-state index in [9.17, 15) is 4.79 Å². The number of rotatable bonds is 3. The third-order valence-electron chi connectivity index (χ3n) is 3.76. The quantitative estimate of drug-likeness (QED) is 0.865. The fourth-order valence-electron chi connectivity index (χ4n) is 2.42. The smallest absolute Gasteiger partial charge is 0.272 e. The van der Waals surface area contributed by atoms with Crippen molar-refractivity contribution in [2.75, 3.05) is 0 Å². The average molecular weight is 249 g/mol. The van der Waals surface area contributed by atoms with Crippen molar-refractivity contribution in [3.8, 4) is 0 Å². The molecule has 0 bridgehead atoms. The van der Waals surface area contributed by atoms with Crippen molar-refractivity contribution < 1.29 is 4.79 Å². The normalized spacial score (nSPS) is 17.4. The predicted molar refractivity (Wildman–Crippen MR) is 71.7 cm³/mol. The molecule has 100 valence electrons. The Morgan fingerprint density at radius 3 is 2.78 bits per heavy atom. The van der Waals surface area contributed by atoms with Gasteiger partial charge in [-0.25, -0.2) is 0 Å². The van der Waals surface area contributed by atoms with Crippen LogP contribution in [0.25, 0.3) is 0 Å². The van der Waals surface area contributed by atoms with Crippen molar-refractivity contribution in [3.63, 3.8) is 0 Å². The summed E-state index contributed by atoms with van der Waals surface area (Å²) in [5, 5.41) is 10.3. The Morgan fingerprint density at radius 1 is 1.33 bits per heavy atom. The Bertz CT molecular complexity index is 411. The molecule has 0 saturated carbocycles. The van der Waals surface area contributed by atoms with Gasteiger partial charge in [0.1, 0.15) is 0 Å². The van der Waals surface area contributed by atoms with E-state index in [0.717, 1.165) is 31.2 Å². The van der Waals surface area contributed by atoms with Crippen molar-refractivity contribution in [1.29, 1.82) is 0 Å². The number of hydrogen-bond donors (Lipinski definition) is 2. The Labute approximate surface area is 109 Å². The molecule has 1 aliphatic carbocycles. The summed E-state index contributed by atoms with van der Waals surface area (Å²) in [7, 11) is 0. The van der Waals surface area contributed by atoms with Crippen LogP contribution in [0.2, 0.25) is 0 Å². The highest BCUT2D eigenvalue weighted by molar-refractivity contribution is 5.94. The number of amides is 1. The average Bonchev–Trinajstić information content (AvgIpc) is 2.71. The van der Waals surface area contributed by atoms with E-state index in [1.807, 2.05) is 6.92 Å². The fourth-order valence-corrected chi connectivity index (χ4v) is 2.42. The van der Waals surface area contributed by atoms with Gasteiger partial charge in [0.2, 0.25) is 0 Å². The van der Waals surface area contributed by atoms with Gasteiger partial charge in [0.15, 0.2) is 5.69 Å². The molecule has 0 fully saturated rings. The first kappa shape index (κ1) is 13.1. The minimum absolute atomic E-state index is 0.0255. The number of carbonyl (C=O) groups excluding carboxylic acids is 1. The summed E-state index contributed by atoms with van der Waals surface area (Å²) >= 11 is 0. The minimum Gasteiger partial charge on any atom is -0.348 e. The Hall–Kier alpha value is -1.32. The number of H-pyrrole nitrogens is 1. The third kappa shape index (κ3) is 2.92. The van der Waals surface area contributed by atoms with Crippen LogP contribution in [0.3, 0.4) is 0 Å². The van der Waals surface area contributed by atoms with E-state index in [-0.39, 0.29) is 11.9 Å². The van der Waals surface area contributed by atoms with Gasteiger partial charge in [-0.3, -0.25) is 9.89 Å². The van der Waals surface area contributed by atoms with Gasteiger partial charge >= 0.3 is 0 Å². The number of hydrogen-bond acceptors (Lipinski definition) is 2. The maximum atomic E-state index is 12.2. The largest absolute Gasteiger partial charge is 0.348 e. The number of fused-ring (bicyclic) bond motifs is 1. The number of nitrogens with one attached hydrogen (secondary N) is 2. The molecule has 4 nitrogen and oxygen atoms in total. The van der Waals surface area contributed by atoms with Gasteiger partial charge in [-0.15, -0.1) is 0 Å². The lowest BCUT2D eigenvalue weighted by molar-refractivity contribution is 0.0933. The lowest BCUT2D eigenvalue weighted by atomic mass is 9.97. The topological polar surface area (TPSA) is 57.8 Å². The molecular formula is C14H23N3O. The van der Waals surface area contributed by atoms with Gasteiger partial charge in [0.25, 0.3) is 5.91 Å². The summed E-state index contributed by atoms with van der Waals surface area (Å²) in [5.41, 5.74) is 2.94. The Balaban J connectivity index is 2.15. The SMILES string of the molecule is CCC(C)NC(=O)c1n[nH]c2c1CCCCCC2. The lowest BCUT2D eigenvalue weighted by Gasteiger charge is -2.12. The van der Waals surface area contributed by atoms with E-state index in [1.165, 1.54) is 25.0 Å². The van der Waals surface area contributed by atoms with Gasteiger partial charge in [0.05, 0.1) is 0 Å². The minimum atomic E-state index is -0.0255. The molecule has 0 saturated heterocycles. The van der Waals surface area contributed by atoms with E-state index in [0.29, 0.717) is 5.69 Å². The van der Waals surface area contributed by atoms with Crippen molar-refractivity contribution >= 4 is 5.91 Å². The van der Waals surface area contributed by atoms with Gasteiger partial charge in [-0.1, -0.05) is 19.8 Å². The number of aromatic nitrogens is 2. The fraction of sp³-hybridized carbons (Fsp3) is 0.714. The van der Waals surface area contributed by atoms with Gasteiger partial charge < -0.3 is 5.32 Å². The molecule has 2 rings (SSSR count). The van der Waals surface area contributed by atoms with Crippen LogP contribution in [0, 0.1) is 0 Å². The van der Waals surface area contributed by atoms with Crippen LogP contribution in [-0.4, -0.2) is 22.1 Å². The van der Waals surface area contributed by atoms with E-state index in [4.69, 9.17) is 0 Å². The Kier molecular flexibility index (Phi) is 4.39. The van der Waals surface area contributed by atoms with Crippen LogP contribution >= 0.6 is 0 Å². The third-order valence-corrected chi connectivity index (χ3v) is 3.76. The highest BCUT2D eigenvalue weighted by atomic mass is 16.2. The molecule has 0 aromatic carbocycles. The molecule has 0 spiro atoms. The second-order valence-corrected chi connectivity index (χ2v) is 5.23. The predicted octanol–water partition coefficient (Wildman–Crippen LogP) is 2.60. The molecular weight excluding hydrogens is 226 g/mol. The van der Waals surface area contributed by atoms with Crippen molar-refractivity contribution in [2.45, 2.75) is 64.8 Å². The summed E-state index contributed by atoms with van der Waals surface area (Å²) in [6.45, 7) is 4.09. The second-order valence-electron chi connectivity index (χ2n) is 5.23. The van der Waals surface area contributed by atoms with Crippen molar-refractivity contribution in [2.24, 2.45) is 0 Å². The highest BCUT2D eigenvalue weighted by Gasteiger charge is 2.20. The molecule has 1 unspecified atom stereocenters. The van der Waals surface area contributed by atoms with E-state index >= 15 is 0 Å². The second kappa shape index (κ2) is 6.03. The molecule has 0 aliphatic heterocycles. The molecule has 1 amide bonds. The zero-order valence-corrected chi connectivity index (χ0v) is 11.4. The molecule has 1 heterocycles. The summed E-state index contributed by atoms with van der Waals surface area (Å²) in [6.07, 6.45) is 7.86. The highest BCUT2D eigenvalue weighted by Crippen LogP contribution is 2.21. The van der Waals surface area contributed by atoms with Crippen LogP contribution in [0.15, 0.2) is 0 Å². The van der Waals surface area contributed by atoms with Gasteiger partial charge in [-0.05, 0) is 39.0 Å². The zero-order chi connectivity index (χ0) is 13.0. The maximum absolute atomic E-state index is 12.2. The molecule has 1 aromatic rings. The molecule has 1 atom stereocenters. The zero-order valence-electron chi connectivity index (χ0n) is 11.4. The van der Waals surface area contributed by atoms with Crippen LogP contribution in [0.5, 0.6) is 0 Å². The van der Waals surface area contributed by atoms with Crippen LogP contribution in [0.4, 0.5) is 0 Å². The van der Waals surface area contributed by atoms with E-state index < -0.39 is 0 Å². The summed E-state index contributed by atoms with van der Waals surface area (Å²) in [6, 6.07) is 0.207. The summed E-state index contributed by atoms with van der Waals surface area (Å²) in [4.78, 5) is 12.2. The van der Waals surface area contributed by atoms with E-state index in [2.05, 4.69) is 22.4 Å². The molecule has 1 aliphatic rings. The first-order valence-electron chi connectivity index (χ1n) is 7.09. The van der Waals surface area contributed by atoms with Gasteiger partial charge in [0, 0.05) is 17.3 Å². The van der Waals surface area contributed by atoms with Crippen LogP contribution in [0.1, 0.15) is 67.7 Å². The molecule has 2 N–H and O–H groups in total. The maximum Gasteiger partial charge on any atom is 0.272 e. The molecule has 1 aromatic heterocycles. The number of aryl methyl sites for hydroxylation is 1. The monoisotopic (exact) mass is 249 g/mol. The first-order chi connectivity index (χ1) is 8.72. The first-order valence-corrected chi connectivity index (χ1v) is 7.09. The number of nitrogens with zero attached hydrogens (tertiary/aromatic N) is 1. The molecule has 4 heteroatoms. The van der Waals surface area contributed by atoms with E-state index in [1.54, 1.807) is 0 Å². The van der Waals surface area contributed by atoms with Crippen molar-refractivity contribution in [1.82, 2.24) is 15.5 Å². The van der Waals surface area contributed by atoms with Crippen LogP contribution < -0.4 is 5.32 Å².